The van der Waals surface area contributed by atoms with Gasteiger partial charge in [-0.3, -0.25) is 14.8 Å². The van der Waals surface area contributed by atoms with E-state index in [1.165, 1.54) is 6.20 Å². The lowest BCUT2D eigenvalue weighted by molar-refractivity contribution is 0.616. The van der Waals surface area contributed by atoms with Crippen molar-refractivity contribution in [1.29, 1.82) is 5.41 Å². The fraction of sp³-hybridized carbons (Fsp3) is 0.200. The molecule has 0 saturated heterocycles. The fourth-order valence-electron chi connectivity index (χ4n) is 1.21. The van der Waals surface area contributed by atoms with Gasteiger partial charge in [0.05, 0.1) is 0 Å². The monoisotopic (exact) mass is 224 g/mol. The first kappa shape index (κ1) is 12.0. The molecule has 86 valence electrons. The van der Waals surface area contributed by atoms with Crippen LogP contribution in [-0.4, -0.2) is 17.5 Å². The number of pyridine rings is 1. The molecule has 1 heterocycles. The number of hydrogen-bond donors (Lipinski definition) is 3. The van der Waals surface area contributed by atoms with E-state index in [1.807, 2.05) is 0 Å². The molecule has 0 fully saturated rings. The minimum absolute atomic E-state index is 0.120. The Bertz CT molecular complexity index is 504. The van der Waals surface area contributed by atoms with Crippen LogP contribution in [0.15, 0.2) is 28.8 Å². The Balaban J connectivity index is 3.29. The van der Waals surface area contributed by atoms with E-state index in [1.54, 1.807) is 14.0 Å². The van der Waals surface area contributed by atoms with E-state index < -0.39 is 11.4 Å². The highest BCUT2D eigenvalue weighted by Gasteiger charge is 2.09. The molecule has 1 rings (SSSR count). The maximum atomic E-state index is 13.0. The van der Waals surface area contributed by atoms with Crippen molar-refractivity contribution in [3.05, 3.63) is 40.2 Å². The Morgan fingerprint density at radius 3 is 2.88 bits per heavy atom. The summed E-state index contributed by atoms with van der Waals surface area (Å²) in [7, 11) is 1.67. The Kier molecular flexibility index (Phi) is 3.44. The molecular formula is C10H13FN4O. The number of halogens is 1. The minimum Gasteiger partial charge on any atom is -0.394 e. The van der Waals surface area contributed by atoms with E-state index in [2.05, 4.69) is 5.32 Å². The molecule has 5 nitrogen and oxygen atoms in total. The van der Waals surface area contributed by atoms with Gasteiger partial charge in [0.15, 0.2) is 0 Å². The lowest BCUT2D eigenvalue weighted by atomic mass is 10.3. The molecule has 0 atom stereocenters. The van der Waals surface area contributed by atoms with Crippen molar-refractivity contribution in [3.63, 3.8) is 0 Å². The normalized spacial score (nSPS) is 11.3. The Morgan fingerprint density at radius 2 is 2.31 bits per heavy atom. The number of anilines is 1. The molecular weight excluding hydrogens is 211 g/mol. The quantitative estimate of drug-likeness (QED) is 0.505. The molecule has 16 heavy (non-hydrogen) atoms. The topological polar surface area (TPSA) is 83.9 Å². The molecule has 4 N–H and O–H groups in total. The number of allylic oxidation sites excluding steroid dienone is 1. The van der Waals surface area contributed by atoms with Crippen LogP contribution < -0.4 is 16.6 Å². The second kappa shape index (κ2) is 4.61. The van der Waals surface area contributed by atoms with Crippen molar-refractivity contribution in [2.75, 3.05) is 12.8 Å². The average molecular weight is 224 g/mol. The second-order valence-corrected chi connectivity index (χ2v) is 3.25. The van der Waals surface area contributed by atoms with E-state index in [9.17, 15) is 9.18 Å². The van der Waals surface area contributed by atoms with Crippen LogP contribution >= 0.6 is 0 Å². The zero-order chi connectivity index (χ0) is 12.3. The Labute approximate surface area is 91.9 Å². The molecule has 0 radical (unpaired) electrons. The van der Waals surface area contributed by atoms with Gasteiger partial charge >= 0.3 is 0 Å². The van der Waals surface area contributed by atoms with Gasteiger partial charge in [0, 0.05) is 31.1 Å². The van der Waals surface area contributed by atoms with E-state index in [4.69, 9.17) is 11.1 Å². The fourth-order valence-corrected chi connectivity index (χ4v) is 1.21. The van der Waals surface area contributed by atoms with E-state index in [-0.39, 0.29) is 11.5 Å². The average Bonchev–Trinajstić information content (AvgIpc) is 2.22. The van der Waals surface area contributed by atoms with Crippen LogP contribution in [0.1, 0.15) is 6.92 Å². The number of hydrogen-bond acceptors (Lipinski definition) is 4. The zero-order valence-electron chi connectivity index (χ0n) is 9.04. The van der Waals surface area contributed by atoms with Crippen molar-refractivity contribution in [1.82, 2.24) is 9.88 Å². The van der Waals surface area contributed by atoms with Crippen molar-refractivity contribution < 1.29 is 4.39 Å². The molecule has 0 aliphatic carbocycles. The first-order chi connectivity index (χ1) is 7.47. The van der Waals surface area contributed by atoms with Crippen molar-refractivity contribution >= 4 is 11.5 Å². The van der Waals surface area contributed by atoms with Crippen LogP contribution in [0.2, 0.25) is 0 Å². The van der Waals surface area contributed by atoms with Gasteiger partial charge in [-0.15, -0.1) is 0 Å². The van der Waals surface area contributed by atoms with Gasteiger partial charge in [-0.25, -0.2) is 4.39 Å². The summed E-state index contributed by atoms with van der Waals surface area (Å²) in [5, 5.41) is 10.4. The van der Waals surface area contributed by atoms with E-state index in [0.29, 0.717) is 5.57 Å². The number of aromatic nitrogens is 1. The van der Waals surface area contributed by atoms with Crippen LogP contribution in [0.3, 0.4) is 0 Å². The largest absolute Gasteiger partial charge is 0.394 e. The third-order valence-corrected chi connectivity index (χ3v) is 1.99. The summed E-state index contributed by atoms with van der Waals surface area (Å²) >= 11 is 0. The summed E-state index contributed by atoms with van der Waals surface area (Å²) in [5.74, 6) is -0.773. The summed E-state index contributed by atoms with van der Waals surface area (Å²) in [6.45, 7) is 1.63. The Hall–Kier alpha value is -2.11. The molecule has 0 unspecified atom stereocenters. The lowest BCUT2D eigenvalue weighted by Gasteiger charge is -2.08. The van der Waals surface area contributed by atoms with Crippen molar-refractivity contribution in [3.8, 4) is 0 Å². The summed E-state index contributed by atoms with van der Waals surface area (Å²) in [6, 6.07) is 0.934. The molecule has 0 spiro atoms. The SMILES string of the molecule is CN/C=C(/C)C(=N)n1cc(F)cc(N)c1=O. The summed E-state index contributed by atoms with van der Waals surface area (Å²) in [4.78, 5) is 11.6. The number of nitrogens with one attached hydrogen (secondary N) is 2. The van der Waals surface area contributed by atoms with E-state index in [0.717, 1.165) is 16.8 Å². The van der Waals surface area contributed by atoms with Crippen LogP contribution in [0, 0.1) is 11.2 Å². The summed E-state index contributed by atoms with van der Waals surface area (Å²) < 4.78 is 13.9. The number of nitrogens with zero attached hydrogens (tertiary/aromatic N) is 1. The van der Waals surface area contributed by atoms with Crippen LogP contribution in [-0.2, 0) is 0 Å². The molecule has 0 aliphatic heterocycles. The van der Waals surface area contributed by atoms with Crippen LogP contribution in [0.25, 0.3) is 0 Å². The number of nitrogens with two attached hydrogens (primary N) is 1. The molecule has 1 aromatic heterocycles. The zero-order valence-corrected chi connectivity index (χ0v) is 9.04. The third kappa shape index (κ3) is 2.28. The first-order valence-electron chi connectivity index (χ1n) is 4.58. The van der Waals surface area contributed by atoms with Gasteiger partial charge < -0.3 is 11.1 Å². The molecule has 0 bridgehead atoms. The summed E-state index contributed by atoms with van der Waals surface area (Å²) in [5.41, 5.74) is 5.00. The van der Waals surface area contributed by atoms with Gasteiger partial charge in [-0.1, -0.05) is 0 Å². The maximum absolute atomic E-state index is 13.0. The highest BCUT2D eigenvalue weighted by atomic mass is 19.1. The third-order valence-electron chi connectivity index (χ3n) is 1.99. The molecule has 0 amide bonds. The first-order valence-corrected chi connectivity index (χ1v) is 4.58. The molecule has 0 aromatic carbocycles. The molecule has 1 aromatic rings. The Morgan fingerprint density at radius 1 is 1.69 bits per heavy atom. The van der Waals surface area contributed by atoms with Crippen LogP contribution in [0.5, 0.6) is 0 Å². The van der Waals surface area contributed by atoms with Gasteiger partial charge in [0.1, 0.15) is 17.3 Å². The molecule has 6 heteroatoms. The minimum atomic E-state index is -0.654. The van der Waals surface area contributed by atoms with Crippen molar-refractivity contribution in [2.24, 2.45) is 0 Å². The number of nitrogen functional groups attached to an aromatic ring is 1. The predicted octanol–water partition coefficient (Wildman–Crippen LogP) is 0.518. The molecule has 0 aliphatic rings. The predicted molar refractivity (Wildman–Crippen MR) is 61.0 cm³/mol. The smallest absolute Gasteiger partial charge is 0.279 e. The highest BCUT2D eigenvalue weighted by Crippen LogP contribution is 2.02. The van der Waals surface area contributed by atoms with Crippen LogP contribution in [0.4, 0.5) is 10.1 Å². The van der Waals surface area contributed by atoms with Crippen molar-refractivity contribution in [2.45, 2.75) is 6.92 Å². The summed E-state index contributed by atoms with van der Waals surface area (Å²) in [6.07, 6.45) is 2.48. The number of rotatable bonds is 2. The van der Waals surface area contributed by atoms with Gasteiger partial charge in [0.2, 0.25) is 0 Å². The maximum Gasteiger partial charge on any atom is 0.279 e. The second-order valence-electron chi connectivity index (χ2n) is 3.25. The van der Waals surface area contributed by atoms with Gasteiger partial charge in [-0.05, 0) is 6.92 Å². The van der Waals surface area contributed by atoms with Gasteiger partial charge in [0.25, 0.3) is 5.56 Å². The highest BCUT2D eigenvalue weighted by molar-refractivity contribution is 5.97. The lowest BCUT2D eigenvalue weighted by Crippen LogP contribution is -2.29. The van der Waals surface area contributed by atoms with Gasteiger partial charge in [-0.2, -0.15) is 0 Å². The molecule has 0 saturated carbocycles. The van der Waals surface area contributed by atoms with E-state index >= 15 is 0 Å². The standard InChI is InChI=1S/C10H13FN4O/c1-6(4-14-2)9(13)15-5-7(11)3-8(12)10(15)16/h3-5,13-14H,12H2,1-2H3/b6-4-,13-9?.